The highest BCUT2D eigenvalue weighted by molar-refractivity contribution is 6.30. The van der Waals surface area contributed by atoms with Crippen LogP contribution in [-0.2, 0) is 0 Å². The second kappa shape index (κ2) is 9.63. The minimum absolute atomic E-state index is 0.0880. The Hall–Kier alpha value is -4.57. The van der Waals surface area contributed by atoms with Gasteiger partial charge in [0.05, 0.1) is 28.9 Å². The molecule has 3 heterocycles. The van der Waals surface area contributed by atoms with E-state index in [1.807, 2.05) is 66.6 Å². The highest BCUT2D eigenvalue weighted by Crippen LogP contribution is 2.37. The van der Waals surface area contributed by atoms with Gasteiger partial charge in [0.2, 0.25) is 5.82 Å². The van der Waals surface area contributed by atoms with Crippen molar-refractivity contribution >= 4 is 40.3 Å². The smallest absolute Gasteiger partial charge is 0.201 e. The average Bonchev–Trinajstić information content (AvgIpc) is 3.35. The molecule has 0 fully saturated rings. The third-order valence-corrected chi connectivity index (χ3v) is 7.10. The van der Waals surface area contributed by atoms with Gasteiger partial charge < -0.3 is 15.4 Å². The first-order valence-corrected chi connectivity index (χ1v) is 12.5. The molecular formula is C28H22ClF2N7O. The van der Waals surface area contributed by atoms with Gasteiger partial charge in [0.25, 0.3) is 0 Å². The second-order valence-electron chi connectivity index (χ2n) is 9.02. The minimum Gasteiger partial charge on any atom is -0.494 e. The van der Waals surface area contributed by atoms with Crippen LogP contribution in [0.3, 0.4) is 0 Å². The molecule has 2 N–H and O–H groups in total. The lowest BCUT2D eigenvalue weighted by molar-refractivity contribution is 0.372. The molecule has 1 aliphatic heterocycles. The Kier molecular flexibility index (Phi) is 6.11. The fourth-order valence-corrected chi connectivity index (χ4v) is 5.04. The monoisotopic (exact) mass is 545 g/mol. The summed E-state index contributed by atoms with van der Waals surface area (Å²) < 4.78 is 36.4. The number of hydrogen-bond acceptors (Lipinski definition) is 7. The number of anilines is 2. The summed E-state index contributed by atoms with van der Waals surface area (Å²) in [5.74, 6) is -2.36. The summed E-state index contributed by atoms with van der Waals surface area (Å²) in [6.07, 6.45) is 2.77. The van der Waals surface area contributed by atoms with Crippen LogP contribution < -0.4 is 25.9 Å². The summed E-state index contributed by atoms with van der Waals surface area (Å²) in [7, 11) is 1.27. The van der Waals surface area contributed by atoms with Gasteiger partial charge in [-0.15, -0.1) is 0 Å². The van der Waals surface area contributed by atoms with Crippen molar-refractivity contribution in [1.82, 2.24) is 19.7 Å². The van der Waals surface area contributed by atoms with Crippen LogP contribution >= 0.6 is 11.6 Å². The van der Waals surface area contributed by atoms with E-state index in [1.165, 1.54) is 25.6 Å². The van der Waals surface area contributed by atoms with Crippen LogP contribution in [0.2, 0.25) is 5.02 Å². The number of para-hydroxylation sites is 1. The van der Waals surface area contributed by atoms with Crippen molar-refractivity contribution in [3.63, 3.8) is 0 Å². The topological polar surface area (TPSA) is 94.5 Å². The van der Waals surface area contributed by atoms with E-state index in [0.29, 0.717) is 16.1 Å². The fraction of sp³-hybridized carbons (Fsp3) is 0.143. The number of ether oxygens (including phenoxy) is 1. The minimum atomic E-state index is -1.12. The van der Waals surface area contributed by atoms with Crippen molar-refractivity contribution < 1.29 is 13.5 Å². The number of benzene rings is 3. The van der Waals surface area contributed by atoms with Gasteiger partial charge in [0.15, 0.2) is 17.2 Å². The molecule has 196 valence electrons. The standard InChI is InChI=1S/C28H22ClF2N7O/c1-15(27-35-20-10-6-9-19(29)18(20)13-37(27)16-7-4-3-5-8-16)38-28-22(26(32)33-14-34-28)25(36-38)17-11-12-21(39-2)24(31)23(17)30/h3-15,27H,1-2H3,(H2,32,33,34)/t15?,27-/m1/s1. The SMILES string of the molecule is COc1ccc(-c2nn(C(C)[C@@H]3N=c4cccc(Cl)c4=CN3c3ccccc3)c3ncnc(N)c23)c(F)c1F. The van der Waals surface area contributed by atoms with Crippen molar-refractivity contribution in [2.24, 2.45) is 4.99 Å². The Morgan fingerprint density at radius 1 is 1.00 bits per heavy atom. The molecule has 0 radical (unpaired) electrons. The number of methoxy groups -OCH3 is 1. The third kappa shape index (κ3) is 4.04. The maximum atomic E-state index is 15.2. The van der Waals surface area contributed by atoms with Crippen molar-refractivity contribution in [2.75, 3.05) is 17.7 Å². The molecule has 0 aliphatic carbocycles. The molecule has 2 aromatic heterocycles. The molecule has 3 aromatic carbocycles. The number of nitrogens with two attached hydrogens (primary N) is 1. The Morgan fingerprint density at radius 2 is 1.79 bits per heavy atom. The van der Waals surface area contributed by atoms with Crippen molar-refractivity contribution in [1.29, 1.82) is 0 Å². The molecule has 0 spiro atoms. The molecule has 1 unspecified atom stereocenters. The fourth-order valence-electron chi connectivity index (χ4n) is 4.82. The van der Waals surface area contributed by atoms with Crippen LogP contribution in [0.4, 0.5) is 20.3 Å². The van der Waals surface area contributed by atoms with Gasteiger partial charge in [-0.05, 0) is 43.3 Å². The van der Waals surface area contributed by atoms with Crippen LogP contribution in [0.25, 0.3) is 28.5 Å². The zero-order valence-electron chi connectivity index (χ0n) is 20.9. The summed E-state index contributed by atoms with van der Waals surface area (Å²) in [5.41, 5.74) is 7.50. The van der Waals surface area contributed by atoms with Crippen LogP contribution in [-0.4, -0.2) is 33.0 Å². The summed E-state index contributed by atoms with van der Waals surface area (Å²) >= 11 is 6.51. The number of fused-ring (bicyclic) bond motifs is 2. The number of nitrogen functional groups attached to an aromatic ring is 1. The Morgan fingerprint density at radius 3 is 2.56 bits per heavy atom. The Bertz CT molecular complexity index is 1850. The molecule has 39 heavy (non-hydrogen) atoms. The third-order valence-electron chi connectivity index (χ3n) is 6.77. The quantitative estimate of drug-likeness (QED) is 0.350. The average molecular weight is 546 g/mol. The van der Waals surface area contributed by atoms with E-state index in [9.17, 15) is 4.39 Å². The molecule has 5 aromatic rings. The zero-order valence-corrected chi connectivity index (χ0v) is 21.6. The van der Waals surface area contributed by atoms with Gasteiger partial charge in [0.1, 0.15) is 24.0 Å². The summed E-state index contributed by atoms with van der Waals surface area (Å²) in [6.45, 7) is 1.92. The number of hydrogen-bond donors (Lipinski definition) is 1. The maximum Gasteiger partial charge on any atom is 0.201 e. The van der Waals surface area contributed by atoms with Crippen molar-refractivity contribution in [3.8, 4) is 17.0 Å². The largest absolute Gasteiger partial charge is 0.494 e. The molecule has 0 bridgehead atoms. The van der Waals surface area contributed by atoms with E-state index in [-0.39, 0.29) is 22.8 Å². The Labute approximate surface area is 226 Å². The molecule has 1 aliphatic rings. The van der Waals surface area contributed by atoms with Gasteiger partial charge in [0, 0.05) is 22.7 Å². The number of nitrogens with zero attached hydrogens (tertiary/aromatic N) is 6. The maximum absolute atomic E-state index is 15.2. The van der Waals surface area contributed by atoms with E-state index < -0.39 is 23.8 Å². The summed E-state index contributed by atoms with van der Waals surface area (Å²) in [6, 6.07) is 17.6. The molecule has 0 amide bonds. The van der Waals surface area contributed by atoms with Crippen molar-refractivity contribution in [3.05, 3.63) is 94.2 Å². The highest BCUT2D eigenvalue weighted by atomic mass is 35.5. The van der Waals surface area contributed by atoms with Gasteiger partial charge in [-0.25, -0.2) is 19.0 Å². The van der Waals surface area contributed by atoms with Gasteiger partial charge in [-0.1, -0.05) is 35.9 Å². The van der Waals surface area contributed by atoms with Gasteiger partial charge in [-0.2, -0.15) is 9.49 Å². The van der Waals surface area contributed by atoms with E-state index in [0.717, 1.165) is 16.3 Å². The second-order valence-corrected chi connectivity index (χ2v) is 9.43. The lowest BCUT2D eigenvalue weighted by Gasteiger charge is -2.34. The lowest BCUT2D eigenvalue weighted by Crippen LogP contribution is -2.46. The van der Waals surface area contributed by atoms with E-state index >= 15 is 4.39 Å². The predicted octanol–water partition coefficient (Wildman–Crippen LogP) is 4.48. The van der Waals surface area contributed by atoms with Crippen LogP contribution in [0.1, 0.15) is 13.0 Å². The molecule has 8 nitrogen and oxygen atoms in total. The number of rotatable bonds is 5. The van der Waals surface area contributed by atoms with Gasteiger partial charge >= 0.3 is 0 Å². The van der Waals surface area contributed by atoms with Crippen LogP contribution in [0.15, 0.2) is 72.0 Å². The van der Waals surface area contributed by atoms with Crippen LogP contribution in [0, 0.1) is 11.6 Å². The lowest BCUT2D eigenvalue weighted by atomic mass is 10.1. The Balaban J connectivity index is 1.56. The molecule has 0 saturated heterocycles. The van der Waals surface area contributed by atoms with Crippen molar-refractivity contribution in [2.45, 2.75) is 19.1 Å². The zero-order chi connectivity index (χ0) is 27.3. The van der Waals surface area contributed by atoms with Crippen LogP contribution in [0.5, 0.6) is 5.75 Å². The molecule has 11 heteroatoms. The summed E-state index contributed by atoms with van der Waals surface area (Å²) in [4.78, 5) is 15.5. The predicted molar refractivity (Wildman–Crippen MR) is 146 cm³/mol. The van der Waals surface area contributed by atoms with E-state index in [4.69, 9.17) is 32.2 Å². The highest BCUT2D eigenvalue weighted by Gasteiger charge is 2.31. The molecule has 0 saturated carbocycles. The first-order chi connectivity index (χ1) is 18.9. The van der Waals surface area contributed by atoms with E-state index in [1.54, 1.807) is 4.68 Å². The number of aromatic nitrogens is 4. The van der Waals surface area contributed by atoms with Gasteiger partial charge in [-0.3, -0.25) is 4.99 Å². The summed E-state index contributed by atoms with van der Waals surface area (Å²) in [5, 5.41) is 7.11. The molecule has 2 atom stereocenters. The first-order valence-electron chi connectivity index (χ1n) is 12.1. The normalized spacial score (nSPS) is 15.4. The number of halogens is 3. The molecular weight excluding hydrogens is 524 g/mol. The molecule has 6 rings (SSSR count). The first kappa shape index (κ1) is 24.7. The van der Waals surface area contributed by atoms with E-state index in [2.05, 4.69) is 9.97 Å².